The van der Waals surface area contributed by atoms with E-state index in [0.29, 0.717) is 18.7 Å². The predicted octanol–water partition coefficient (Wildman–Crippen LogP) is 3.79. The molecule has 0 bridgehead atoms. The van der Waals surface area contributed by atoms with Gasteiger partial charge in [0.25, 0.3) is 0 Å². The van der Waals surface area contributed by atoms with Crippen LogP contribution in [0.2, 0.25) is 0 Å². The Kier molecular flexibility index (Phi) is 5.18. The first-order chi connectivity index (χ1) is 13.4. The van der Waals surface area contributed by atoms with Crippen molar-refractivity contribution in [2.24, 2.45) is 0 Å². The zero-order valence-corrected chi connectivity index (χ0v) is 17.1. The maximum Gasteiger partial charge on any atom is 0.243 e. The molecule has 3 aromatic rings. The molecule has 4 rings (SSSR count). The first-order valence-corrected chi connectivity index (χ1v) is 11.5. The Hall–Kier alpha value is -2.29. The van der Waals surface area contributed by atoms with Crippen LogP contribution < -0.4 is 5.32 Å². The number of nitrogens with one attached hydrogen (secondary N) is 1. The molecule has 0 spiro atoms. The average molecular weight is 416 g/mol. The number of sulfonamides is 1. The summed E-state index contributed by atoms with van der Waals surface area (Å²) in [5.74, 6) is -0.292. The number of carbonyl (C=O) groups is 1. The van der Waals surface area contributed by atoms with E-state index in [9.17, 15) is 13.2 Å². The van der Waals surface area contributed by atoms with E-state index >= 15 is 0 Å². The lowest BCUT2D eigenvalue weighted by Crippen LogP contribution is -2.49. The molecule has 2 heterocycles. The molecule has 1 saturated heterocycles. The largest absolute Gasteiger partial charge is 0.325 e. The third-order valence-corrected chi connectivity index (χ3v) is 7.73. The van der Waals surface area contributed by atoms with Gasteiger partial charge in [-0.3, -0.25) is 4.79 Å². The molecule has 28 heavy (non-hydrogen) atoms. The number of anilines is 1. The lowest BCUT2D eigenvalue weighted by atomic mass is 10.0. The highest BCUT2D eigenvalue weighted by atomic mass is 32.2. The van der Waals surface area contributed by atoms with Crippen molar-refractivity contribution < 1.29 is 13.2 Å². The lowest BCUT2D eigenvalue weighted by molar-refractivity contribution is -0.120. The number of amides is 1. The topological polar surface area (TPSA) is 79.4 Å². The van der Waals surface area contributed by atoms with Gasteiger partial charge in [-0.15, -0.1) is 11.3 Å². The van der Waals surface area contributed by atoms with Crippen LogP contribution in [0.4, 0.5) is 5.69 Å². The number of aryl methyl sites for hydroxylation is 1. The van der Waals surface area contributed by atoms with Gasteiger partial charge in [0.15, 0.2) is 0 Å². The minimum Gasteiger partial charge on any atom is -0.325 e. The number of thiazole rings is 1. The van der Waals surface area contributed by atoms with Crippen LogP contribution in [0.25, 0.3) is 10.2 Å². The summed E-state index contributed by atoms with van der Waals surface area (Å²) in [6, 6.07) is 13.1. The Morgan fingerprint density at radius 2 is 1.96 bits per heavy atom. The molecule has 1 atom stereocenters. The van der Waals surface area contributed by atoms with Gasteiger partial charge in [-0.05, 0) is 50.1 Å². The van der Waals surface area contributed by atoms with Crippen molar-refractivity contribution in [1.29, 1.82) is 0 Å². The normalized spacial score (nSPS) is 18.2. The van der Waals surface area contributed by atoms with Crippen molar-refractivity contribution in [3.8, 4) is 0 Å². The van der Waals surface area contributed by atoms with E-state index < -0.39 is 16.1 Å². The number of carbonyl (C=O) groups excluding carboxylic acids is 1. The second-order valence-electron chi connectivity index (χ2n) is 6.85. The van der Waals surface area contributed by atoms with Gasteiger partial charge in [0.2, 0.25) is 15.9 Å². The van der Waals surface area contributed by atoms with Gasteiger partial charge < -0.3 is 5.32 Å². The maximum atomic E-state index is 13.1. The summed E-state index contributed by atoms with van der Waals surface area (Å²) in [4.78, 5) is 17.6. The van der Waals surface area contributed by atoms with Crippen LogP contribution in [-0.4, -0.2) is 36.2 Å². The van der Waals surface area contributed by atoms with Crippen molar-refractivity contribution in [2.75, 3.05) is 11.9 Å². The molecule has 1 amide bonds. The van der Waals surface area contributed by atoms with Crippen LogP contribution in [0.5, 0.6) is 0 Å². The van der Waals surface area contributed by atoms with Crippen molar-refractivity contribution in [2.45, 2.75) is 37.1 Å². The van der Waals surface area contributed by atoms with Gasteiger partial charge in [-0.25, -0.2) is 13.4 Å². The summed E-state index contributed by atoms with van der Waals surface area (Å²) in [5, 5.41) is 3.86. The van der Waals surface area contributed by atoms with Crippen LogP contribution in [0.1, 0.15) is 24.3 Å². The van der Waals surface area contributed by atoms with Crippen molar-refractivity contribution in [1.82, 2.24) is 9.29 Å². The smallest absolute Gasteiger partial charge is 0.243 e. The number of benzene rings is 2. The number of aromatic nitrogens is 1. The summed E-state index contributed by atoms with van der Waals surface area (Å²) in [6.07, 6.45) is 2.09. The van der Waals surface area contributed by atoms with Crippen LogP contribution in [0, 0.1) is 6.92 Å². The van der Waals surface area contributed by atoms with Gasteiger partial charge in [-0.1, -0.05) is 24.6 Å². The average Bonchev–Trinajstić information content (AvgIpc) is 3.08. The van der Waals surface area contributed by atoms with Crippen molar-refractivity contribution in [3.05, 3.63) is 53.5 Å². The fourth-order valence-electron chi connectivity index (χ4n) is 3.53. The molecule has 0 unspecified atom stereocenters. The second kappa shape index (κ2) is 7.62. The third kappa shape index (κ3) is 3.67. The summed E-state index contributed by atoms with van der Waals surface area (Å²) >= 11 is 1.56. The minimum absolute atomic E-state index is 0.219. The standard InChI is InChI=1S/C20H21N3O3S2/c1-14-21-17-11-10-15(13-19(17)27-14)22-20(24)18-9-5-6-12-23(18)28(25,26)16-7-3-2-4-8-16/h2-4,7-8,10-11,13,18H,5-6,9,12H2,1H3,(H,22,24)/t18-/m0/s1. The third-order valence-electron chi connectivity index (χ3n) is 4.87. The van der Waals surface area contributed by atoms with Gasteiger partial charge in [0.05, 0.1) is 20.1 Å². The Balaban J connectivity index is 1.59. The molecule has 6 nitrogen and oxygen atoms in total. The highest BCUT2D eigenvalue weighted by Crippen LogP contribution is 2.28. The van der Waals surface area contributed by atoms with Crippen LogP contribution in [-0.2, 0) is 14.8 Å². The molecule has 1 aliphatic heterocycles. The number of piperidine rings is 1. The predicted molar refractivity (Wildman–Crippen MR) is 111 cm³/mol. The minimum atomic E-state index is -3.72. The number of rotatable bonds is 4. The summed E-state index contributed by atoms with van der Waals surface area (Å²) < 4.78 is 28.5. The lowest BCUT2D eigenvalue weighted by Gasteiger charge is -2.33. The highest BCUT2D eigenvalue weighted by molar-refractivity contribution is 7.89. The molecule has 0 aliphatic carbocycles. The number of fused-ring (bicyclic) bond motifs is 1. The molecule has 146 valence electrons. The van der Waals surface area contributed by atoms with E-state index in [0.717, 1.165) is 28.1 Å². The Labute approximate surface area is 168 Å². The number of hydrogen-bond donors (Lipinski definition) is 1. The van der Waals surface area contributed by atoms with Crippen LogP contribution in [0.3, 0.4) is 0 Å². The van der Waals surface area contributed by atoms with E-state index in [1.165, 1.54) is 4.31 Å². The summed E-state index contributed by atoms with van der Waals surface area (Å²) in [7, 11) is -3.72. The molecule has 2 aromatic carbocycles. The Morgan fingerprint density at radius 3 is 2.75 bits per heavy atom. The Bertz CT molecular complexity index is 1110. The fourth-order valence-corrected chi connectivity index (χ4v) is 6.07. The fraction of sp³-hybridized carbons (Fsp3) is 0.300. The molecule has 1 aromatic heterocycles. The SMILES string of the molecule is Cc1nc2ccc(NC(=O)[C@@H]3CCCCN3S(=O)(=O)c3ccccc3)cc2s1. The van der Waals surface area contributed by atoms with E-state index in [4.69, 9.17) is 0 Å². The molecule has 1 aliphatic rings. The molecular formula is C20H21N3O3S2. The van der Waals surface area contributed by atoms with E-state index in [1.807, 2.05) is 19.1 Å². The number of hydrogen-bond acceptors (Lipinski definition) is 5. The first kappa shape index (κ1) is 19.0. The Morgan fingerprint density at radius 1 is 1.18 bits per heavy atom. The zero-order valence-electron chi connectivity index (χ0n) is 15.5. The number of nitrogens with zero attached hydrogens (tertiary/aromatic N) is 2. The maximum absolute atomic E-state index is 13.1. The van der Waals surface area contributed by atoms with Gasteiger partial charge >= 0.3 is 0 Å². The van der Waals surface area contributed by atoms with Gasteiger partial charge in [-0.2, -0.15) is 4.31 Å². The summed E-state index contributed by atoms with van der Waals surface area (Å²) in [6.45, 7) is 2.29. The highest BCUT2D eigenvalue weighted by Gasteiger charge is 2.37. The van der Waals surface area contributed by atoms with Crippen LogP contribution in [0.15, 0.2) is 53.4 Å². The van der Waals surface area contributed by atoms with Crippen molar-refractivity contribution in [3.63, 3.8) is 0 Å². The van der Waals surface area contributed by atoms with Crippen molar-refractivity contribution >= 4 is 43.2 Å². The second-order valence-corrected chi connectivity index (χ2v) is 9.97. The monoisotopic (exact) mass is 415 g/mol. The van der Waals surface area contributed by atoms with E-state index in [-0.39, 0.29) is 10.8 Å². The van der Waals surface area contributed by atoms with Gasteiger partial charge in [0, 0.05) is 12.2 Å². The molecule has 1 N–H and O–H groups in total. The zero-order chi connectivity index (χ0) is 19.7. The van der Waals surface area contributed by atoms with E-state index in [1.54, 1.807) is 47.7 Å². The first-order valence-electron chi connectivity index (χ1n) is 9.20. The molecule has 1 fully saturated rings. The van der Waals surface area contributed by atoms with Crippen LogP contribution >= 0.6 is 11.3 Å². The quantitative estimate of drug-likeness (QED) is 0.703. The van der Waals surface area contributed by atoms with Gasteiger partial charge in [0.1, 0.15) is 6.04 Å². The van der Waals surface area contributed by atoms with E-state index in [2.05, 4.69) is 10.3 Å². The molecule has 0 radical (unpaired) electrons. The summed E-state index contributed by atoms with van der Waals surface area (Å²) in [5.41, 5.74) is 1.55. The molecule has 0 saturated carbocycles. The molecular weight excluding hydrogens is 394 g/mol. The molecule has 8 heteroatoms.